The van der Waals surface area contributed by atoms with E-state index < -0.39 is 5.91 Å². The minimum Gasteiger partial charge on any atom is -0.493 e. The van der Waals surface area contributed by atoms with E-state index in [1.54, 1.807) is 18.2 Å². The summed E-state index contributed by atoms with van der Waals surface area (Å²) in [7, 11) is 0. The Kier molecular flexibility index (Phi) is 5.54. The van der Waals surface area contributed by atoms with Crippen LogP contribution >= 0.6 is 0 Å². The smallest absolute Gasteiger partial charge is 0.248 e. The van der Waals surface area contributed by atoms with Gasteiger partial charge in [-0.25, -0.2) is 0 Å². The van der Waals surface area contributed by atoms with Crippen LogP contribution in [0.15, 0.2) is 54.6 Å². The highest BCUT2D eigenvalue weighted by Crippen LogP contribution is 2.08. The van der Waals surface area contributed by atoms with Crippen LogP contribution in [-0.2, 0) is 11.3 Å². The first-order valence-corrected chi connectivity index (χ1v) is 6.98. The average Bonchev–Trinajstić information content (AvgIpc) is 2.54. The van der Waals surface area contributed by atoms with E-state index in [0.29, 0.717) is 18.7 Å². The SMILES string of the molecule is NC(=O)c1cccc(CNC(=O)CCOc2ccccc2)c1. The number of para-hydroxylation sites is 1. The monoisotopic (exact) mass is 298 g/mol. The van der Waals surface area contributed by atoms with E-state index in [9.17, 15) is 9.59 Å². The van der Waals surface area contributed by atoms with Crippen molar-refractivity contribution in [1.82, 2.24) is 5.32 Å². The normalized spacial score (nSPS) is 10.0. The molecule has 0 aliphatic carbocycles. The second-order valence-electron chi connectivity index (χ2n) is 4.75. The summed E-state index contributed by atoms with van der Waals surface area (Å²) in [6.07, 6.45) is 0.268. The van der Waals surface area contributed by atoms with Crippen molar-refractivity contribution in [2.24, 2.45) is 5.73 Å². The maximum atomic E-state index is 11.7. The van der Waals surface area contributed by atoms with Gasteiger partial charge in [0.25, 0.3) is 0 Å². The number of nitrogens with two attached hydrogens (primary N) is 1. The highest BCUT2D eigenvalue weighted by atomic mass is 16.5. The van der Waals surface area contributed by atoms with Crippen molar-refractivity contribution < 1.29 is 14.3 Å². The first kappa shape index (κ1) is 15.6. The second-order valence-corrected chi connectivity index (χ2v) is 4.75. The van der Waals surface area contributed by atoms with Crippen LogP contribution in [0, 0.1) is 0 Å². The van der Waals surface area contributed by atoms with Crippen LogP contribution < -0.4 is 15.8 Å². The molecule has 114 valence electrons. The zero-order chi connectivity index (χ0) is 15.8. The summed E-state index contributed by atoms with van der Waals surface area (Å²) in [4.78, 5) is 22.8. The molecule has 0 saturated carbocycles. The lowest BCUT2D eigenvalue weighted by Crippen LogP contribution is -2.24. The van der Waals surface area contributed by atoms with Crippen molar-refractivity contribution in [2.45, 2.75) is 13.0 Å². The number of rotatable bonds is 7. The largest absolute Gasteiger partial charge is 0.493 e. The predicted octanol–water partition coefficient (Wildman–Crippen LogP) is 1.87. The number of carbonyl (C=O) groups excluding carboxylic acids is 2. The van der Waals surface area contributed by atoms with Crippen molar-refractivity contribution >= 4 is 11.8 Å². The van der Waals surface area contributed by atoms with Gasteiger partial charge in [0.2, 0.25) is 11.8 Å². The van der Waals surface area contributed by atoms with Gasteiger partial charge in [-0.2, -0.15) is 0 Å². The van der Waals surface area contributed by atoms with Crippen LogP contribution in [0.3, 0.4) is 0 Å². The van der Waals surface area contributed by atoms with E-state index in [4.69, 9.17) is 10.5 Å². The fraction of sp³-hybridized carbons (Fsp3) is 0.176. The molecule has 2 aromatic carbocycles. The minimum atomic E-state index is -0.482. The third-order valence-electron chi connectivity index (χ3n) is 3.04. The lowest BCUT2D eigenvalue weighted by molar-refractivity contribution is -0.121. The standard InChI is InChI=1S/C17H18N2O3/c18-17(21)14-6-4-5-13(11-14)12-19-16(20)9-10-22-15-7-2-1-3-8-15/h1-8,11H,9-10,12H2,(H2,18,21)(H,19,20). The lowest BCUT2D eigenvalue weighted by atomic mass is 10.1. The first-order chi connectivity index (χ1) is 10.6. The van der Waals surface area contributed by atoms with Crippen LogP contribution in [0.4, 0.5) is 0 Å². The van der Waals surface area contributed by atoms with Crippen LogP contribution in [0.1, 0.15) is 22.3 Å². The van der Waals surface area contributed by atoms with Crippen molar-refractivity contribution in [1.29, 1.82) is 0 Å². The Labute approximate surface area is 129 Å². The number of nitrogens with one attached hydrogen (secondary N) is 1. The molecule has 0 aliphatic heterocycles. The molecular weight excluding hydrogens is 280 g/mol. The van der Waals surface area contributed by atoms with Crippen LogP contribution in [0.2, 0.25) is 0 Å². The Morgan fingerprint density at radius 3 is 2.55 bits per heavy atom. The summed E-state index contributed by atoms with van der Waals surface area (Å²) in [5.41, 5.74) is 6.47. The van der Waals surface area contributed by atoms with Gasteiger partial charge in [0.1, 0.15) is 5.75 Å². The maximum absolute atomic E-state index is 11.7. The number of hydrogen-bond acceptors (Lipinski definition) is 3. The van der Waals surface area contributed by atoms with Crippen molar-refractivity contribution in [3.8, 4) is 5.75 Å². The molecule has 0 fully saturated rings. The average molecular weight is 298 g/mol. The molecule has 0 atom stereocenters. The highest BCUT2D eigenvalue weighted by Gasteiger charge is 2.04. The Balaban J connectivity index is 1.73. The van der Waals surface area contributed by atoms with E-state index in [2.05, 4.69) is 5.32 Å². The molecule has 0 heterocycles. The molecule has 22 heavy (non-hydrogen) atoms. The summed E-state index contributed by atoms with van der Waals surface area (Å²) in [5.74, 6) is 0.148. The molecule has 5 nitrogen and oxygen atoms in total. The molecule has 0 unspecified atom stereocenters. The fourth-order valence-electron chi connectivity index (χ4n) is 1.90. The Morgan fingerprint density at radius 2 is 1.82 bits per heavy atom. The topological polar surface area (TPSA) is 81.4 Å². The number of carbonyl (C=O) groups is 2. The molecule has 0 spiro atoms. The molecule has 0 bridgehead atoms. The number of hydrogen-bond donors (Lipinski definition) is 2. The Bertz CT molecular complexity index is 641. The maximum Gasteiger partial charge on any atom is 0.248 e. The van der Waals surface area contributed by atoms with Gasteiger partial charge in [-0.1, -0.05) is 30.3 Å². The van der Waals surface area contributed by atoms with Crippen LogP contribution in [0.25, 0.3) is 0 Å². The molecule has 2 rings (SSSR count). The molecular formula is C17H18N2O3. The van der Waals surface area contributed by atoms with E-state index >= 15 is 0 Å². The number of benzene rings is 2. The summed E-state index contributed by atoms with van der Waals surface area (Å²) >= 11 is 0. The Hall–Kier alpha value is -2.82. The number of ether oxygens (including phenoxy) is 1. The summed E-state index contributed by atoms with van der Waals surface area (Å²) in [5, 5.41) is 2.78. The summed E-state index contributed by atoms with van der Waals surface area (Å²) < 4.78 is 5.46. The van der Waals surface area contributed by atoms with Crippen molar-refractivity contribution in [3.05, 3.63) is 65.7 Å². The molecule has 5 heteroatoms. The van der Waals surface area contributed by atoms with Gasteiger partial charge < -0.3 is 15.8 Å². The third kappa shape index (κ3) is 4.94. The molecule has 2 amide bonds. The molecule has 2 aromatic rings. The quantitative estimate of drug-likeness (QED) is 0.818. The molecule has 0 saturated heterocycles. The summed E-state index contributed by atoms with van der Waals surface area (Å²) in [6, 6.07) is 16.2. The molecule has 0 aliphatic rings. The van der Waals surface area contributed by atoms with Gasteiger partial charge in [-0.3, -0.25) is 9.59 Å². The van der Waals surface area contributed by atoms with Crippen LogP contribution in [-0.4, -0.2) is 18.4 Å². The third-order valence-corrected chi connectivity index (χ3v) is 3.04. The van der Waals surface area contributed by atoms with E-state index in [0.717, 1.165) is 11.3 Å². The molecule has 0 radical (unpaired) electrons. The zero-order valence-corrected chi connectivity index (χ0v) is 12.1. The zero-order valence-electron chi connectivity index (χ0n) is 12.1. The Morgan fingerprint density at radius 1 is 1.05 bits per heavy atom. The number of primary amides is 1. The molecule has 0 aromatic heterocycles. The predicted molar refractivity (Wildman–Crippen MR) is 83.4 cm³/mol. The van der Waals surface area contributed by atoms with E-state index in [-0.39, 0.29) is 12.3 Å². The van der Waals surface area contributed by atoms with Crippen molar-refractivity contribution in [3.63, 3.8) is 0 Å². The van der Waals surface area contributed by atoms with Gasteiger partial charge in [0.15, 0.2) is 0 Å². The minimum absolute atomic E-state index is 0.111. The van der Waals surface area contributed by atoms with Crippen molar-refractivity contribution in [2.75, 3.05) is 6.61 Å². The second kappa shape index (κ2) is 7.83. The molecule has 3 N–H and O–H groups in total. The van der Waals surface area contributed by atoms with E-state index in [1.165, 1.54) is 0 Å². The summed E-state index contributed by atoms with van der Waals surface area (Å²) in [6.45, 7) is 0.669. The highest BCUT2D eigenvalue weighted by molar-refractivity contribution is 5.92. The van der Waals surface area contributed by atoms with Gasteiger partial charge in [-0.15, -0.1) is 0 Å². The van der Waals surface area contributed by atoms with E-state index in [1.807, 2.05) is 36.4 Å². The van der Waals surface area contributed by atoms with Gasteiger partial charge in [-0.05, 0) is 29.8 Å². The first-order valence-electron chi connectivity index (χ1n) is 6.98. The lowest BCUT2D eigenvalue weighted by Gasteiger charge is -2.08. The van der Waals surface area contributed by atoms with Crippen LogP contribution in [0.5, 0.6) is 5.75 Å². The fourth-order valence-corrected chi connectivity index (χ4v) is 1.90. The van der Waals surface area contributed by atoms with Gasteiger partial charge in [0, 0.05) is 12.1 Å². The number of amides is 2. The van der Waals surface area contributed by atoms with Gasteiger partial charge in [0.05, 0.1) is 13.0 Å². The van der Waals surface area contributed by atoms with Gasteiger partial charge >= 0.3 is 0 Å².